The van der Waals surface area contributed by atoms with Gasteiger partial charge in [-0.2, -0.15) is 23.2 Å². The van der Waals surface area contributed by atoms with Gasteiger partial charge in [-0.3, -0.25) is 0 Å². The molecule has 1 N–H and O–H groups in total. The van der Waals surface area contributed by atoms with Gasteiger partial charge in [-0.05, 0) is 56.0 Å². The second kappa shape index (κ2) is 8.47. The normalized spacial score (nSPS) is 16.2. The van der Waals surface area contributed by atoms with E-state index in [-0.39, 0.29) is 10.9 Å². The van der Waals surface area contributed by atoms with Gasteiger partial charge in [0.2, 0.25) is 10.0 Å². The third-order valence-corrected chi connectivity index (χ3v) is 7.60. The van der Waals surface area contributed by atoms with Crippen molar-refractivity contribution in [2.45, 2.75) is 62.7 Å². The van der Waals surface area contributed by atoms with E-state index in [1.165, 1.54) is 24.3 Å². The molecule has 6 nitrogen and oxygen atoms in total. The average molecular weight is 477 g/mol. The molecule has 0 unspecified atom stereocenters. The summed E-state index contributed by atoms with van der Waals surface area (Å²) >= 11 is 0. The van der Waals surface area contributed by atoms with Crippen molar-refractivity contribution in [3.8, 4) is 17.3 Å². The largest absolute Gasteiger partial charge is 0.404 e. The molecule has 1 aliphatic rings. The van der Waals surface area contributed by atoms with Crippen LogP contribution in [0, 0.1) is 18.3 Å². The molecule has 2 aromatic heterocycles. The lowest BCUT2D eigenvalue weighted by Gasteiger charge is -2.19. The highest BCUT2D eigenvalue weighted by Gasteiger charge is 2.39. The molecule has 0 saturated heterocycles. The zero-order valence-electron chi connectivity index (χ0n) is 18.1. The lowest BCUT2D eigenvalue weighted by molar-refractivity contribution is -0.147. The van der Waals surface area contributed by atoms with Gasteiger partial charge in [0.05, 0.1) is 16.2 Å². The number of aromatic nitrogens is 2. The fraction of sp³-hybridized carbons (Fsp3) is 0.391. The molecular formula is C23H23F3N4O2S. The first-order chi connectivity index (χ1) is 15.5. The third-order valence-electron chi connectivity index (χ3n) is 6.04. The highest BCUT2D eigenvalue weighted by atomic mass is 32.2. The maximum absolute atomic E-state index is 12.8. The number of alkyl halides is 3. The zero-order valence-corrected chi connectivity index (χ0v) is 19.0. The summed E-state index contributed by atoms with van der Waals surface area (Å²) in [7, 11) is -4.37. The predicted octanol–water partition coefficient (Wildman–Crippen LogP) is 5.23. The van der Waals surface area contributed by atoms with Crippen LogP contribution in [0.2, 0.25) is 0 Å². The van der Waals surface area contributed by atoms with Crippen molar-refractivity contribution in [2.24, 2.45) is 0 Å². The van der Waals surface area contributed by atoms with E-state index >= 15 is 0 Å². The number of halogens is 3. The molecule has 1 atom stereocenters. The van der Waals surface area contributed by atoms with Crippen LogP contribution in [0.4, 0.5) is 13.2 Å². The molecule has 0 amide bonds. The van der Waals surface area contributed by atoms with Gasteiger partial charge in [0.1, 0.15) is 17.8 Å². The van der Waals surface area contributed by atoms with Crippen molar-refractivity contribution in [3.05, 3.63) is 47.7 Å². The molecule has 1 aliphatic carbocycles. The number of pyridine rings is 1. The minimum atomic E-state index is -4.69. The molecule has 4 rings (SSSR count). The van der Waals surface area contributed by atoms with Crippen LogP contribution in [-0.2, 0) is 10.0 Å². The Kier molecular flexibility index (Phi) is 5.97. The number of hydrogen-bond donors (Lipinski definition) is 1. The molecule has 0 aliphatic heterocycles. The van der Waals surface area contributed by atoms with E-state index in [0.29, 0.717) is 22.5 Å². The minimum absolute atomic E-state index is 0.164. The third kappa shape index (κ3) is 4.35. The Morgan fingerprint density at radius 3 is 2.42 bits per heavy atom. The van der Waals surface area contributed by atoms with E-state index in [9.17, 15) is 26.9 Å². The fourth-order valence-corrected chi connectivity index (χ4v) is 5.60. The summed E-state index contributed by atoms with van der Waals surface area (Å²) in [6, 6.07) is 7.72. The van der Waals surface area contributed by atoms with Crippen LogP contribution >= 0.6 is 0 Å². The van der Waals surface area contributed by atoms with E-state index in [1.54, 1.807) is 10.9 Å². The summed E-state index contributed by atoms with van der Waals surface area (Å²) in [6.07, 6.45) is 1.09. The van der Waals surface area contributed by atoms with Gasteiger partial charge in [-0.15, -0.1) is 0 Å². The summed E-state index contributed by atoms with van der Waals surface area (Å²) in [6.45, 7) is 2.65. The van der Waals surface area contributed by atoms with Crippen molar-refractivity contribution < 1.29 is 21.6 Å². The van der Waals surface area contributed by atoms with Crippen LogP contribution in [-0.4, -0.2) is 30.2 Å². The highest BCUT2D eigenvalue weighted by molar-refractivity contribution is 7.89. The van der Waals surface area contributed by atoms with Crippen LogP contribution in [0.1, 0.15) is 49.8 Å². The molecule has 10 heteroatoms. The zero-order chi connectivity index (χ0) is 24.0. The quantitative estimate of drug-likeness (QED) is 0.546. The monoisotopic (exact) mass is 476 g/mol. The Morgan fingerprint density at radius 1 is 1.21 bits per heavy atom. The predicted molar refractivity (Wildman–Crippen MR) is 118 cm³/mol. The highest BCUT2D eigenvalue weighted by Crippen LogP contribution is 2.41. The second-order valence-electron chi connectivity index (χ2n) is 8.44. The van der Waals surface area contributed by atoms with E-state index in [0.717, 1.165) is 43.6 Å². The Morgan fingerprint density at radius 2 is 1.85 bits per heavy atom. The molecule has 0 radical (unpaired) electrons. The standard InChI is InChI=1S/C23H23F3N4O2S/c1-14-11-19-20(12-27)21(30(22(19)28-13-14)17-5-3-4-6-17)16-7-9-18(10-8-16)33(31,32)29-15(2)23(24,25)26/h7-11,13,15,17,29H,3-6H2,1-2H3/t15-/m0/s1. The average Bonchev–Trinajstić information content (AvgIpc) is 3.38. The van der Waals surface area contributed by atoms with Crippen molar-refractivity contribution in [3.63, 3.8) is 0 Å². The van der Waals surface area contributed by atoms with Crippen LogP contribution in [0.15, 0.2) is 41.4 Å². The molecule has 1 fully saturated rings. The van der Waals surface area contributed by atoms with Gasteiger partial charge in [-0.1, -0.05) is 25.0 Å². The van der Waals surface area contributed by atoms with Crippen molar-refractivity contribution >= 4 is 21.1 Å². The number of fused-ring (bicyclic) bond motifs is 1. The molecule has 1 saturated carbocycles. The summed E-state index contributed by atoms with van der Waals surface area (Å²) in [5.74, 6) is 0. The number of rotatable bonds is 5. The maximum Gasteiger partial charge on any atom is 0.404 e. The maximum atomic E-state index is 12.8. The Labute approximate surface area is 190 Å². The van der Waals surface area contributed by atoms with Crippen LogP contribution in [0.5, 0.6) is 0 Å². The van der Waals surface area contributed by atoms with Gasteiger partial charge in [0.25, 0.3) is 0 Å². The summed E-state index contributed by atoms with van der Waals surface area (Å²) in [5.41, 5.74) is 3.33. The Balaban J connectivity index is 1.81. The van der Waals surface area contributed by atoms with Crippen molar-refractivity contribution in [2.75, 3.05) is 0 Å². The first kappa shape index (κ1) is 23.3. The molecule has 0 spiro atoms. The topological polar surface area (TPSA) is 87.8 Å². The van der Waals surface area contributed by atoms with Crippen molar-refractivity contribution in [1.82, 2.24) is 14.3 Å². The van der Waals surface area contributed by atoms with Gasteiger partial charge < -0.3 is 4.57 Å². The Bertz CT molecular complexity index is 1330. The number of aryl methyl sites for hydroxylation is 1. The van der Waals surface area contributed by atoms with Gasteiger partial charge in [-0.25, -0.2) is 13.4 Å². The summed E-state index contributed by atoms with van der Waals surface area (Å²) < 4.78 is 67.1. The van der Waals surface area contributed by atoms with E-state index < -0.39 is 22.2 Å². The fourth-order valence-electron chi connectivity index (χ4n) is 4.37. The minimum Gasteiger partial charge on any atom is -0.321 e. The van der Waals surface area contributed by atoms with E-state index in [2.05, 4.69) is 15.6 Å². The molecule has 174 valence electrons. The number of benzene rings is 1. The SMILES string of the molecule is Cc1cnc2c(c1)c(C#N)c(-c1ccc(S(=O)(=O)N[C@@H](C)C(F)(F)F)cc1)n2C1CCCC1. The number of nitrogens with zero attached hydrogens (tertiary/aromatic N) is 3. The molecular weight excluding hydrogens is 453 g/mol. The van der Waals surface area contributed by atoms with Crippen LogP contribution in [0.25, 0.3) is 22.3 Å². The smallest absolute Gasteiger partial charge is 0.321 e. The van der Waals surface area contributed by atoms with Gasteiger partial charge >= 0.3 is 6.18 Å². The lowest BCUT2D eigenvalue weighted by atomic mass is 10.1. The van der Waals surface area contributed by atoms with Gasteiger partial charge in [0, 0.05) is 17.6 Å². The van der Waals surface area contributed by atoms with Crippen molar-refractivity contribution in [1.29, 1.82) is 5.26 Å². The van der Waals surface area contributed by atoms with E-state index in [1.807, 2.05) is 13.0 Å². The molecule has 2 heterocycles. The number of nitriles is 1. The number of hydrogen-bond acceptors (Lipinski definition) is 4. The Hall–Kier alpha value is -2.90. The molecule has 33 heavy (non-hydrogen) atoms. The lowest BCUT2D eigenvalue weighted by Crippen LogP contribution is -2.42. The first-order valence-electron chi connectivity index (χ1n) is 10.6. The number of sulfonamides is 1. The van der Waals surface area contributed by atoms with Gasteiger partial charge in [0.15, 0.2) is 0 Å². The number of nitrogens with one attached hydrogen (secondary N) is 1. The molecule has 0 bridgehead atoms. The molecule has 3 aromatic rings. The first-order valence-corrected chi connectivity index (χ1v) is 12.1. The van der Waals surface area contributed by atoms with E-state index in [4.69, 9.17) is 0 Å². The van der Waals surface area contributed by atoms with Crippen LogP contribution in [0.3, 0.4) is 0 Å². The second-order valence-corrected chi connectivity index (χ2v) is 10.2. The summed E-state index contributed by atoms with van der Waals surface area (Å²) in [5, 5.41) is 10.7. The van der Waals surface area contributed by atoms with Crippen LogP contribution < -0.4 is 4.72 Å². The molecule has 1 aromatic carbocycles. The summed E-state index contributed by atoms with van der Waals surface area (Å²) in [4.78, 5) is 4.31.